The quantitative estimate of drug-likeness (QED) is 0.433. The minimum Gasteiger partial charge on any atom is -0.497 e. The van der Waals surface area contributed by atoms with Crippen molar-refractivity contribution in [3.63, 3.8) is 0 Å². The zero-order valence-electron chi connectivity index (χ0n) is 18.7. The normalized spacial score (nSPS) is 12.0. The molecule has 0 aliphatic rings. The van der Waals surface area contributed by atoms with Crippen LogP contribution in [0.2, 0.25) is 5.02 Å². The molecule has 4 aromatic rings. The van der Waals surface area contributed by atoms with Gasteiger partial charge in [-0.15, -0.1) is 0 Å². The number of carbonyl (C=O) groups excluding carboxylic acids is 1. The smallest absolute Gasteiger partial charge is 0.297 e. The number of nitrogens with zero attached hydrogens (tertiary/aromatic N) is 3. The van der Waals surface area contributed by atoms with Crippen molar-refractivity contribution < 1.29 is 14.1 Å². The summed E-state index contributed by atoms with van der Waals surface area (Å²) in [5, 5.41) is 12.4. The van der Waals surface area contributed by atoms with Crippen LogP contribution in [0.5, 0.6) is 5.75 Å². The van der Waals surface area contributed by atoms with Crippen LogP contribution in [0, 0.1) is 13.8 Å². The van der Waals surface area contributed by atoms with Crippen molar-refractivity contribution in [3.8, 4) is 17.0 Å². The third kappa shape index (κ3) is 4.21. The Morgan fingerprint density at radius 3 is 2.73 bits per heavy atom. The molecule has 9 heteroatoms. The number of halogens is 1. The Morgan fingerprint density at radius 2 is 2.03 bits per heavy atom. The highest BCUT2D eigenvalue weighted by molar-refractivity contribution is 6.31. The summed E-state index contributed by atoms with van der Waals surface area (Å²) in [6.45, 7) is 5.40. The Balaban J connectivity index is 1.83. The molecule has 0 bridgehead atoms. The third-order valence-corrected chi connectivity index (χ3v) is 5.89. The highest BCUT2D eigenvalue weighted by Gasteiger charge is 2.26. The monoisotopic (exact) mass is 466 g/mol. The zero-order valence-corrected chi connectivity index (χ0v) is 19.4. The van der Waals surface area contributed by atoms with Gasteiger partial charge in [0.25, 0.3) is 5.56 Å². The summed E-state index contributed by atoms with van der Waals surface area (Å²) in [4.78, 5) is 26.4. The molecule has 0 aliphatic heterocycles. The van der Waals surface area contributed by atoms with E-state index < -0.39 is 11.6 Å². The van der Waals surface area contributed by atoms with E-state index in [2.05, 4.69) is 15.6 Å². The summed E-state index contributed by atoms with van der Waals surface area (Å²) < 4.78 is 11.8. The Morgan fingerprint density at radius 1 is 1.24 bits per heavy atom. The predicted molar refractivity (Wildman–Crippen MR) is 127 cm³/mol. The lowest BCUT2D eigenvalue weighted by molar-refractivity contribution is -0.119. The summed E-state index contributed by atoms with van der Waals surface area (Å²) >= 11 is 6.19. The lowest BCUT2D eigenvalue weighted by Gasteiger charge is -2.18. The maximum absolute atomic E-state index is 13.3. The first-order chi connectivity index (χ1) is 15.8. The van der Waals surface area contributed by atoms with Gasteiger partial charge in [-0.25, -0.2) is 4.68 Å². The second kappa shape index (κ2) is 9.07. The lowest BCUT2D eigenvalue weighted by atomic mass is 10.1. The Hall–Kier alpha value is -3.65. The summed E-state index contributed by atoms with van der Waals surface area (Å²) in [5.74, 6) is 0.713. The third-order valence-electron chi connectivity index (χ3n) is 5.49. The Labute approximate surface area is 195 Å². The molecule has 0 saturated carbocycles. The van der Waals surface area contributed by atoms with E-state index in [0.29, 0.717) is 45.3 Å². The molecule has 0 aliphatic carbocycles. The van der Waals surface area contributed by atoms with Gasteiger partial charge >= 0.3 is 0 Å². The molecule has 4 rings (SSSR count). The number of benzene rings is 2. The van der Waals surface area contributed by atoms with Gasteiger partial charge in [-0.2, -0.15) is 5.10 Å². The van der Waals surface area contributed by atoms with Crippen LogP contribution in [0.3, 0.4) is 0 Å². The fraction of sp³-hybridized carbons (Fsp3) is 0.250. The molecular weight excluding hydrogens is 444 g/mol. The zero-order chi connectivity index (χ0) is 23.7. The molecule has 0 fully saturated rings. The van der Waals surface area contributed by atoms with Gasteiger partial charge in [0.2, 0.25) is 5.91 Å². The first-order valence-corrected chi connectivity index (χ1v) is 10.8. The summed E-state index contributed by atoms with van der Waals surface area (Å²) in [7, 11) is 1.57. The predicted octanol–water partition coefficient (Wildman–Crippen LogP) is 4.92. The van der Waals surface area contributed by atoms with Crippen molar-refractivity contribution in [2.45, 2.75) is 33.2 Å². The van der Waals surface area contributed by atoms with Crippen molar-refractivity contribution in [3.05, 3.63) is 69.2 Å². The average Bonchev–Trinajstić information content (AvgIpc) is 3.20. The van der Waals surface area contributed by atoms with Crippen LogP contribution >= 0.6 is 11.6 Å². The van der Waals surface area contributed by atoms with E-state index in [0.717, 1.165) is 5.56 Å². The molecule has 2 aromatic heterocycles. The van der Waals surface area contributed by atoms with Crippen LogP contribution in [0.4, 0.5) is 5.69 Å². The van der Waals surface area contributed by atoms with Gasteiger partial charge in [-0.1, -0.05) is 41.9 Å². The maximum atomic E-state index is 13.3. The minimum absolute atomic E-state index is 0.116. The molecule has 33 heavy (non-hydrogen) atoms. The van der Waals surface area contributed by atoms with Crippen molar-refractivity contribution in [2.75, 3.05) is 12.4 Å². The van der Waals surface area contributed by atoms with Crippen molar-refractivity contribution >= 4 is 34.1 Å². The summed E-state index contributed by atoms with van der Waals surface area (Å²) in [5.41, 5.74) is 2.23. The lowest BCUT2D eigenvalue weighted by Crippen LogP contribution is -2.35. The molecule has 2 aromatic carbocycles. The number of fused-ring (bicyclic) bond motifs is 1. The SMILES string of the molecule is CCC(C(=O)Nc1ccc(C)c(Cl)c1)n1nc(-c2cccc(OC)c2)c2c(C)onc2c1=O. The fourth-order valence-corrected chi connectivity index (χ4v) is 3.84. The standard InChI is InChI=1S/C24H23ClN4O4/c1-5-19(23(30)26-16-10-9-13(2)18(25)12-16)29-24(31)22-20(14(3)33-28-22)21(27-29)15-7-6-8-17(11-15)32-4/h6-12,19H,5H2,1-4H3,(H,26,30). The number of hydrogen-bond donors (Lipinski definition) is 1. The molecule has 2 heterocycles. The van der Waals surface area contributed by atoms with Crippen LogP contribution in [0.15, 0.2) is 51.8 Å². The first kappa shape index (κ1) is 22.5. The van der Waals surface area contributed by atoms with Gasteiger partial charge in [-0.05, 0) is 50.1 Å². The number of anilines is 1. The van der Waals surface area contributed by atoms with Crippen LogP contribution in [-0.2, 0) is 4.79 Å². The number of rotatable bonds is 6. The van der Waals surface area contributed by atoms with Crippen LogP contribution in [-0.4, -0.2) is 28.0 Å². The van der Waals surface area contributed by atoms with Crippen molar-refractivity contribution in [2.24, 2.45) is 0 Å². The Kier molecular flexibility index (Phi) is 6.20. The first-order valence-electron chi connectivity index (χ1n) is 10.4. The van der Waals surface area contributed by atoms with Gasteiger partial charge in [-0.3, -0.25) is 9.59 Å². The fourth-order valence-electron chi connectivity index (χ4n) is 3.66. The number of ether oxygens (including phenoxy) is 1. The molecule has 1 atom stereocenters. The van der Waals surface area contributed by atoms with E-state index in [-0.39, 0.29) is 11.4 Å². The van der Waals surface area contributed by atoms with Crippen molar-refractivity contribution in [1.82, 2.24) is 14.9 Å². The number of aryl methyl sites for hydroxylation is 2. The van der Waals surface area contributed by atoms with Crippen LogP contribution in [0.1, 0.15) is 30.7 Å². The average molecular weight is 467 g/mol. The second-order valence-electron chi connectivity index (χ2n) is 7.67. The topological polar surface area (TPSA) is 99.2 Å². The second-order valence-corrected chi connectivity index (χ2v) is 8.08. The summed E-state index contributed by atoms with van der Waals surface area (Å²) in [6.07, 6.45) is 0.332. The van der Waals surface area contributed by atoms with Crippen LogP contribution < -0.4 is 15.6 Å². The van der Waals surface area contributed by atoms with Gasteiger partial charge in [0.1, 0.15) is 23.2 Å². The van der Waals surface area contributed by atoms with E-state index in [1.54, 1.807) is 32.2 Å². The molecule has 1 unspecified atom stereocenters. The van der Waals surface area contributed by atoms with Gasteiger partial charge in [0.15, 0.2) is 5.52 Å². The van der Waals surface area contributed by atoms with Gasteiger partial charge in [0.05, 0.1) is 12.5 Å². The largest absolute Gasteiger partial charge is 0.497 e. The number of nitrogens with one attached hydrogen (secondary N) is 1. The summed E-state index contributed by atoms with van der Waals surface area (Å²) in [6, 6.07) is 11.7. The minimum atomic E-state index is -0.872. The number of methoxy groups -OCH3 is 1. The Bertz CT molecular complexity index is 1410. The molecule has 170 valence electrons. The maximum Gasteiger partial charge on any atom is 0.297 e. The highest BCUT2D eigenvalue weighted by Crippen LogP contribution is 2.30. The molecule has 0 radical (unpaired) electrons. The molecular formula is C24H23ClN4O4. The molecule has 8 nitrogen and oxygen atoms in total. The molecule has 1 amide bonds. The number of hydrogen-bond acceptors (Lipinski definition) is 6. The van der Waals surface area contributed by atoms with Gasteiger partial charge in [0, 0.05) is 16.3 Å². The molecule has 0 spiro atoms. The van der Waals surface area contributed by atoms with E-state index in [1.807, 2.05) is 38.1 Å². The number of carbonyl (C=O) groups is 1. The van der Waals surface area contributed by atoms with E-state index in [4.69, 9.17) is 20.9 Å². The van der Waals surface area contributed by atoms with Gasteiger partial charge < -0.3 is 14.6 Å². The van der Waals surface area contributed by atoms with Crippen LogP contribution in [0.25, 0.3) is 22.2 Å². The highest BCUT2D eigenvalue weighted by atomic mass is 35.5. The van der Waals surface area contributed by atoms with Crippen molar-refractivity contribution in [1.29, 1.82) is 0 Å². The molecule has 0 saturated heterocycles. The van der Waals surface area contributed by atoms with E-state index in [9.17, 15) is 9.59 Å². The van der Waals surface area contributed by atoms with E-state index >= 15 is 0 Å². The molecule has 1 N–H and O–H groups in total. The van der Waals surface area contributed by atoms with E-state index in [1.165, 1.54) is 4.68 Å². The number of aromatic nitrogens is 3. The number of amides is 1.